The first kappa shape index (κ1) is 8.32. The second-order valence-corrected chi connectivity index (χ2v) is 1.54. The minimum atomic E-state index is 0.250. The van der Waals surface area contributed by atoms with Gasteiger partial charge < -0.3 is 5.11 Å². The quantitative estimate of drug-likeness (QED) is 0.467. The van der Waals surface area contributed by atoms with Gasteiger partial charge in [-0.1, -0.05) is 0 Å². The molecule has 0 bridgehead atoms. The van der Waals surface area contributed by atoms with Crippen LogP contribution in [0.15, 0.2) is 6.33 Å². The van der Waals surface area contributed by atoms with Crippen molar-refractivity contribution < 1.29 is 5.11 Å². The Morgan fingerprint density at radius 3 is 2.56 bits per heavy atom. The minimum Gasteiger partial charge on any atom is -0.397 e. The van der Waals surface area contributed by atoms with Crippen LogP contribution < -0.4 is 0 Å². The number of nitrogens with zero attached hydrogens (tertiary/aromatic N) is 1. The Hall–Kier alpha value is -0.680. The summed E-state index contributed by atoms with van der Waals surface area (Å²) in [5.74, 6) is 0. The number of H-pyrrole nitrogens is 2. The third kappa shape index (κ3) is 5.19. The fourth-order valence-electron chi connectivity index (χ4n) is 0.217. The predicted octanol–water partition coefficient (Wildman–Crippen LogP) is 0.466. The highest BCUT2D eigenvalue weighted by molar-refractivity contribution is 7.71. The van der Waals surface area contributed by atoms with Crippen LogP contribution in [0.1, 0.15) is 6.92 Å². The maximum atomic E-state index is 7.57. The van der Waals surface area contributed by atoms with E-state index in [1.54, 1.807) is 6.92 Å². The summed E-state index contributed by atoms with van der Waals surface area (Å²) in [6.45, 7) is 1.93. The van der Waals surface area contributed by atoms with Crippen molar-refractivity contribution in [2.75, 3.05) is 6.61 Å². The van der Waals surface area contributed by atoms with Gasteiger partial charge in [-0.2, -0.15) is 0 Å². The Balaban J connectivity index is 0.000000187. The summed E-state index contributed by atoms with van der Waals surface area (Å²) < 4.78 is 0.495. The van der Waals surface area contributed by atoms with E-state index in [1.165, 1.54) is 6.33 Å². The van der Waals surface area contributed by atoms with Crippen LogP contribution >= 0.6 is 12.2 Å². The number of aliphatic hydroxyl groups is 1. The molecule has 52 valence electrons. The van der Waals surface area contributed by atoms with Crippen molar-refractivity contribution in [3.8, 4) is 0 Å². The topological polar surface area (TPSA) is 64.7 Å². The predicted molar refractivity (Wildman–Crippen MR) is 36.5 cm³/mol. The summed E-state index contributed by atoms with van der Waals surface area (Å²) >= 11 is 4.55. The maximum Gasteiger partial charge on any atom is 0.213 e. The van der Waals surface area contributed by atoms with Gasteiger partial charge in [-0.25, -0.2) is 4.98 Å². The Kier molecular flexibility index (Phi) is 5.04. The normalized spacial score (nSPS) is 7.78. The SMILES string of the molecule is CCO.S=c1nc[nH][nH]1. The van der Waals surface area contributed by atoms with Crippen molar-refractivity contribution in [2.45, 2.75) is 6.92 Å². The first-order valence-corrected chi connectivity index (χ1v) is 2.91. The van der Waals surface area contributed by atoms with E-state index >= 15 is 0 Å². The van der Waals surface area contributed by atoms with E-state index < -0.39 is 0 Å². The Bertz CT molecular complexity index is 165. The van der Waals surface area contributed by atoms with E-state index in [4.69, 9.17) is 5.11 Å². The summed E-state index contributed by atoms with van der Waals surface area (Å²) in [4.78, 5) is 3.62. The summed E-state index contributed by atoms with van der Waals surface area (Å²) in [7, 11) is 0. The monoisotopic (exact) mass is 147 g/mol. The molecule has 1 heterocycles. The molecule has 0 amide bonds. The van der Waals surface area contributed by atoms with Crippen molar-refractivity contribution in [3.63, 3.8) is 0 Å². The number of aromatic nitrogens is 3. The molecule has 3 N–H and O–H groups in total. The van der Waals surface area contributed by atoms with Crippen LogP contribution in [0.5, 0.6) is 0 Å². The van der Waals surface area contributed by atoms with E-state index in [0.29, 0.717) is 4.77 Å². The van der Waals surface area contributed by atoms with E-state index in [2.05, 4.69) is 27.4 Å². The molecule has 4 nitrogen and oxygen atoms in total. The van der Waals surface area contributed by atoms with Crippen LogP contribution in [0.2, 0.25) is 0 Å². The molecule has 0 radical (unpaired) electrons. The average Bonchev–Trinajstić information content (AvgIpc) is 2.20. The first-order chi connectivity index (χ1) is 4.31. The lowest BCUT2D eigenvalue weighted by Crippen LogP contribution is -1.59. The molecule has 5 heteroatoms. The van der Waals surface area contributed by atoms with Gasteiger partial charge in [0.05, 0.1) is 0 Å². The zero-order valence-electron chi connectivity index (χ0n) is 5.09. The molecule has 1 aromatic rings. The Morgan fingerprint density at radius 2 is 2.44 bits per heavy atom. The highest BCUT2D eigenvalue weighted by atomic mass is 32.1. The van der Waals surface area contributed by atoms with E-state index in [9.17, 15) is 0 Å². The molecule has 0 aromatic carbocycles. The highest BCUT2D eigenvalue weighted by Crippen LogP contribution is 1.66. The number of hydrogen-bond donors (Lipinski definition) is 3. The van der Waals surface area contributed by atoms with E-state index in [0.717, 1.165) is 0 Å². The highest BCUT2D eigenvalue weighted by Gasteiger charge is 1.66. The molecular weight excluding hydrogens is 138 g/mol. The molecule has 0 aliphatic carbocycles. The Labute approximate surface area is 57.9 Å². The third-order valence-corrected chi connectivity index (χ3v) is 0.633. The van der Waals surface area contributed by atoms with Crippen molar-refractivity contribution in [3.05, 3.63) is 11.1 Å². The smallest absolute Gasteiger partial charge is 0.213 e. The minimum absolute atomic E-state index is 0.250. The van der Waals surface area contributed by atoms with Gasteiger partial charge in [0.15, 0.2) is 0 Å². The number of rotatable bonds is 0. The van der Waals surface area contributed by atoms with Gasteiger partial charge in [0.2, 0.25) is 4.77 Å². The standard InChI is InChI=1S/C2H3N3S.C2H6O/c6-2-3-1-4-5-2;1-2-3/h1H,(H2,3,4,5,6);3H,2H2,1H3. The number of aromatic amines is 2. The van der Waals surface area contributed by atoms with Crippen molar-refractivity contribution in [1.29, 1.82) is 0 Å². The largest absolute Gasteiger partial charge is 0.397 e. The third-order valence-electron chi connectivity index (χ3n) is 0.425. The number of nitrogens with one attached hydrogen (secondary N) is 2. The van der Waals surface area contributed by atoms with Crippen molar-refractivity contribution in [2.24, 2.45) is 0 Å². The molecule has 0 atom stereocenters. The molecular formula is C4H9N3OS. The molecule has 0 aliphatic heterocycles. The molecule has 1 aromatic heterocycles. The van der Waals surface area contributed by atoms with Crippen LogP contribution in [-0.2, 0) is 0 Å². The molecule has 0 unspecified atom stereocenters. The summed E-state index contributed by atoms with van der Waals surface area (Å²) in [6, 6.07) is 0. The fraction of sp³-hybridized carbons (Fsp3) is 0.500. The number of hydrogen-bond acceptors (Lipinski definition) is 3. The van der Waals surface area contributed by atoms with Gasteiger partial charge >= 0.3 is 0 Å². The second-order valence-electron chi connectivity index (χ2n) is 1.15. The Morgan fingerprint density at radius 1 is 1.89 bits per heavy atom. The summed E-state index contributed by atoms with van der Waals surface area (Å²) in [5.41, 5.74) is 0. The second kappa shape index (κ2) is 5.46. The summed E-state index contributed by atoms with van der Waals surface area (Å²) in [5, 5.41) is 12.7. The van der Waals surface area contributed by atoms with E-state index in [-0.39, 0.29) is 6.61 Å². The van der Waals surface area contributed by atoms with Gasteiger partial charge in [0.1, 0.15) is 6.33 Å². The zero-order valence-corrected chi connectivity index (χ0v) is 5.90. The molecule has 0 saturated heterocycles. The molecule has 9 heavy (non-hydrogen) atoms. The van der Waals surface area contributed by atoms with Crippen LogP contribution in [0, 0.1) is 4.77 Å². The lowest BCUT2D eigenvalue weighted by molar-refractivity contribution is 0.318. The summed E-state index contributed by atoms with van der Waals surface area (Å²) in [6.07, 6.45) is 1.50. The van der Waals surface area contributed by atoms with Gasteiger partial charge in [0.25, 0.3) is 0 Å². The molecule has 0 spiro atoms. The first-order valence-electron chi connectivity index (χ1n) is 2.50. The molecule has 1 rings (SSSR count). The van der Waals surface area contributed by atoms with E-state index in [1.807, 2.05) is 0 Å². The van der Waals surface area contributed by atoms with Crippen molar-refractivity contribution in [1.82, 2.24) is 15.2 Å². The molecule has 0 saturated carbocycles. The van der Waals surface area contributed by atoms with Gasteiger partial charge in [-0.15, -0.1) is 0 Å². The van der Waals surface area contributed by atoms with Gasteiger partial charge in [-0.3, -0.25) is 10.2 Å². The number of aliphatic hydroxyl groups excluding tert-OH is 1. The van der Waals surface area contributed by atoms with Crippen LogP contribution in [-0.4, -0.2) is 26.9 Å². The zero-order chi connectivity index (χ0) is 7.11. The van der Waals surface area contributed by atoms with Crippen LogP contribution in [0.4, 0.5) is 0 Å². The van der Waals surface area contributed by atoms with Crippen LogP contribution in [0.25, 0.3) is 0 Å². The molecule has 0 aliphatic rings. The van der Waals surface area contributed by atoms with Crippen LogP contribution in [0.3, 0.4) is 0 Å². The maximum absolute atomic E-state index is 7.57. The van der Waals surface area contributed by atoms with Crippen molar-refractivity contribution >= 4 is 12.2 Å². The lowest BCUT2D eigenvalue weighted by Gasteiger charge is -1.54. The lowest BCUT2D eigenvalue weighted by atomic mass is 10.9. The molecule has 0 fully saturated rings. The van der Waals surface area contributed by atoms with Gasteiger partial charge in [0, 0.05) is 6.61 Å². The average molecular weight is 147 g/mol. The fourth-order valence-corrected chi connectivity index (χ4v) is 0.329. The van der Waals surface area contributed by atoms with Gasteiger partial charge in [-0.05, 0) is 19.1 Å².